The zero-order valence-corrected chi connectivity index (χ0v) is 10.3. The lowest BCUT2D eigenvalue weighted by atomic mass is 10.1. The number of hydrogen-bond acceptors (Lipinski definition) is 0. The second-order valence-electron chi connectivity index (χ2n) is 4.18. The molecule has 84 valence electrons. The van der Waals surface area contributed by atoms with Gasteiger partial charge in [0.2, 0.25) is 0 Å². The van der Waals surface area contributed by atoms with Crippen LogP contribution in [0, 0.1) is 6.92 Å². The third kappa shape index (κ3) is 1.73. The highest BCUT2D eigenvalue weighted by atomic mass is 35.5. The van der Waals surface area contributed by atoms with Gasteiger partial charge in [0, 0.05) is 21.6 Å². The Labute approximate surface area is 105 Å². The minimum absolute atomic E-state index is 0.762. The smallest absolute Gasteiger partial charge is 0.0494 e. The van der Waals surface area contributed by atoms with Gasteiger partial charge in [0.25, 0.3) is 0 Å². The van der Waals surface area contributed by atoms with Gasteiger partial charge < -0.3 is 4.98 Å². The van der Waals surface area contributed by atoms with Gasteiger partial charge in [0.1, 0.15) is 0 Å². The third-order valence-electron chi connectivity index (χ3n) is 3.08. The topological polar surface area (TPSA) is 15.8 Å². The molecule has 0 aliphatic heterocycles. The molecule has 0 atom stereocenters. The molecule has 0 amide bonds. The van der Waals surface area contributed by atoms with Gasteiger partial charge in [0.15, 0.2) is 0 Å². The van der Waals surface area contributed by atoms with E-state index in [0.29, 0.717) is 0 Å². The van der Waals surface area contributed by atoms with Crippen molar-refractivity contribution >= 4 is 22.5 Å². The van der Waals surface area contributed by atoms with E-state index in [1.165, 1.54) is 22.2 Å². The molecule has 0 bridgehead atoms. The third-order valence-corrected chi connectivity index (χ3v) is 3.32. The second kappa shape index (κ2) is 3.94. The summed E-state index contributed by atoms with van der Waals surface area (Å²) in [5, 5.41) is 1.99. The molecule has 0 saturated heterocycles. The highest BCUT2D eigenvalue weighted by Gasteiger charge is 2.08. The fourth-order valence-corrected chi connectivity index (χ4v) is 2.38. The van der Waals surface area contributed by atoms with Crippen LogP contribution in [0.15, 0.2) is 48.5 Å². The first-order valence-electron chi connectivity index (χ1n) is 5.59. The van der Waals surface area contributed by atoms with E-state index in [1.54, 1.807) is 0 Å². The maximum Gasteiger partial charge on any atom is 0.0494 e. The van der Waals surface area contributed by atoms with E-state index in [0.717, 1.165) is 10.5 Å². The zero-order valence-electron chi connectivity index (χ0n) is 9.50. The van der Waals surface area contributed by atoms with Crippen molar-refractivity contribution in [1.29, 1.82) is 0 Å². The molecule has 17 heavy (non-hydrogen) atoms. The van der Waals surface area contributed by atoms with Crippen molar-refractivity contribution < 1.29 is 0 Å². The Kier molecular flexibility index (Phi) is 2.41. The molecular formula is C15H12ClN. The first-order chi connectivity index (χ1) is 8.25. The van der Waals surface area contributed by atoms with Crippen LogP contribution >= 0.6 is 11.6 Å². The quantitative estimate of drug-likeness (QED) is 0.630. The number of benzene rings is 2. The summed E-state index contributed by atoms with van der Waals surface area (Å²) in [6.07, 6.45) is 0. The van der Waals surface area contributed by atoms with Crippen LogP contribution in [0.4, 0.5) is 0 Å². The maximum absolute atomic E-state index is 6.01. The molecule has 2 aromatic carbocycles. The molecule has 0 aliphatic carbocycles. The molecule has 0 unspecified atom stereocenters. The van der Waals surface area contributed by atoms with Crippen LogP contribution in [0.5, 0.6) is 0 Å². The predicted octanol–water partition coefficient (Wildman–Crippen LogP) is 4.80. The average molecular weight is 242 g/mol. The SMILES string of the molecule is Cc1c(-c2ccccc2)[nH]c2cc(Cl)ccc12. The minimum Gasteiger partial charge on any atom is -0.354 e. The molecule has 0 fully saturated rings. The highest BCUT2D eigenvalue weighted by Crippen LogP contribution is 2.30. The summed E-state index contributed by atoms with van der Waals surface area (Å²) in [5.41, 5.74) is 4.73. The lowest BCUT2D eigenvalue weighted by molar-refractivity contribution is 1.41. The molecule has 1 heterocycles. The van der Waals surface area contributed by atoms with Crippen LogP contribution in [0.1, 0.15) is 5.56 Å². The Hall–Kier alpha value is -1.73. The van der Waals surface area contributed by atoms with Crippen molar-refractivity contribution in [3.8, 4) is 11.3 Å². The van der Waals surface area contributed by atoms with Gasteiger partial charge in [-0.15, -0.1) is 0 Å². The van der Waals surface area contributed by atoms with E-state index in [2.05, 4.69) is 30.1 Å². The average Bonchev–Trinajstić information content (AvgIpc) is 2.67. The molecule has 1 nitrogen and oxygen atoms in total. The van der Waals surface area contributed by atoms with Crippen LogP contribution in [0.25, 0.3) is 22.2 Å². The second-order valence-corrected chi connectivity index (χ2v) is 4.62. The molecule has 3 rings (SSSR count). The summed E-state index contributed by atoms with van der Waals surface area (Å²) < 4.78 is 0. The molecule has 0 radical (unpaired) electrons. The number of H-pyrrole nitrogens is 1. The zero-order chi connectivity index (χ0) is 11.8. The molecule has 0 aliphatic rings. The Bertz CT molecular complexity index is 668. The van der Waals surface area contributed by atoms with Crippen LogP contribution in [-0.4, -0.2) is 4.98 Å². The lowest BCUT2D eigenvalue weighted by Crippen LogP contribution is -1.78. The van der Waals surface area contributed by atoms with Crippen molar-refractivity contribution in [1.82, 2.24) is 4.98 Å². The van der Waals surface area contributed by atoms with Crippen molar-refractivity contribution in [3.63, 3.8) is 0 Å². The number of aryl methyl sites for hydroxylation is 1. The Balaban J connectivity index is 2.28. The predicted molar refractivity (Wildman–Crippen MR) is 73.5 cm³/mol. The molecule has 0 spiro atoms. The van der Waals surface area contributed by atoms with Gasteiger partial charge in [0.05, 0.1) is 0 Å². The summed E-state index contributed by atoms with van der Waals surface area (Å²) in [7, 11) is 0. The summed E-state index contributed by atoms with van der Waals surface area (Å²) >= 11 is 6.01. The van der Waals surface area contributed by atoms with Crippen LogP contribution in [-0.2, 0) is 0 Å². The Morgan fingerprint density at radius 3 is 2.53 bits per heavy atom. The molecule has 2 heteroatoms. The lowest BCUT2D eigenvalue weighted by Gasteiger charge is -1.99. The number of rotatable bonds is 1. The van der Waals surface area contributed by atoms with Gasteiger partial charge in [-0.3, -0.25) is 0 Å². The van der Waals surface area contributed by atoms with Gasteiger partial charge in [-0.1, -0.05) is 48.0 Å². The van der Waals surface area contributed by atoms with E-state index in [4.69, 9.17) is 11.6 Å². The first kappa shape index (κ1) is 10.4. The standard InChI is InChI=1S/C15H12ClN/c1-10-13-8-7-12(16)9-14(13)17-15(10)11-5-3-2-4-6-11/h2-9,17H,1H3. The fraction of sp³-hybridized carbons (Fsp3) is 0.0667. The molecule has 1 N–H and O–H groups in total. The van der Waals surface area contributed by atoms with E-state index in [1.807, 2.05) is 30.3 Å². The molecule has 0 saturated carbocycles. The number of hydrogen-bond donors (Lipinski definition) is 1. The minimum atomic E-state index is 0.762. The van der Waals surface area contributed by atoms with Crippen LogP contribution in [0.2, 0.25) is 5.02 Å². The van der Waals surface area contributed by atoms with Gasteiger partial charge in [-0.05, 0) is 30.2 Å². The number of fused-ring (bicyclic) bond motifs is 1. The number of halogens is 1. The van der Waals surface area contributed by atoms with Crippen LogP contribution in [0.3, 0.4) is 0 Å². The van der Waals surface area contributed by atoms with Crippen molar-refractivity contribution in [2.45, 2.75) is 6.92 Å². The largest absolute Gasteiger partial charge is 0.354 e. The number of aromatic nitrogens is 1. The van der Waals surface area contributed by atoms with Gasteiger partial charge >= 0.3 is 0 Å². The monoisotopic (exact) mass is 241 g/mol. The normalized spacial score (nSPS) is 10.9. The Morgan fingerprint density at radius 1 is 1.00 bits per heavy atom. The highest BCUT2D eigenvalue weighted by molar-refractivity contribution is 6.31. The van der Waals surface area contributed by atoms with E-state index in [9.17, 15) is 0 Å². The van der Waals surface area contributed by atoms with E-state index in [-0.39, 0.29) is 0 Å². The van der Waals surface area contributed by atoms with Crippen molar-refractivity contribution in [2.75, 3.05) is 0 Å². The van der Waals surface area contributed by atoms with E-state index < -0.39 is 0 Å². The molecule has 3 aromatic rings. The summed E-state index contributed by atoms with van der Waals surface area (Å²) in [4.78, 5) is 3.44. The van der Waals surface area contributed by atoms with Crippen molar-refractivity contribution in [2.24, 2.45) is 0 Å². The van der Waals surface area contributed by atoms with Crippen LogP contribution < -0.4 is 0 Å². The summed E-state index contributed by atoms with van der Waals surface area (Å²) in [5.74, 6) is 0. The van der Waals surface area contributed by atoms with Crippen molar-refractivity contribution in [3.05, 3.63) is 59.1 Å². The number of nitrogens with one attached hydrogen (secondary N) is 1. The van der Waals surface area contributed by atoms with E-state index >= 15 is 0 Å². The molecular weight excluding hydrogens is 230 g/mol. The summed E-state index contributed by atoms with van der Waals surface area (Å²) in [6, 6.07) is 16.3. The first-order valence-corrected chi connectivity index (χ1v) is 5.97. The molecule has 1 aromatic heterocycles. The van der Waals surface area contributed by atoms with Gasteiger partial charge in [-0.25, -0.2) is 0 Å². The summed E-state index contributed by atoms with van der Waals surface area (Å²) in [6.45, 7) is 2.13. The fourth-order valence-electron chi connectivity index (χ4n) is 2.20. The Morgan fingerprint density at radius 2 is 1.76 bits per heavy atom. The number of aromatic amines is 1. The maximum atomic E-state index is 6.01. The van der Waals surface area contributed by atoms with Gasteiger partial charge in [-0.2, -0.15) is 0 Å².